The van der Waals surface area contributed by atoms with E-state index in [1.165, 1.54) is 0 Å². The molecule has 0 amide bonds. The van der Waals surface area contributed by atoms with Crippen molar-refractivity contribution >= 4 is 12.0 Å². The Bertz CT molecular complexity index is 354. The summed E-state index contributed by atoms with van der Waals surface area (Å²) >= 11 is 0. The van der Waals surface area contributed by atoms with Gasteiger partial charge in [-0.2, -0.15) is 0 Å². The second-order valence-electron chi connectivity index (χ2n) is 3.19. The van der Waals surface area contributed by atoms with Crippen molar-refractivity contribution in [2.75, 3.05) is 0 Å². The smallest absolute Gasteiger partial charge is 0.150 e. The molecule has 0 aliphatic heterocycles. The first-order valence-corrected chi connectivity index (χ1v) is 4.28. The Hall–Kier alpha value is -1.57. The van der Waals surface area contributed by atoms with Gasteiger partial charge in [0, 0.05) is 11.1 Å². The number of benzene rings is 1. The van der Waals surface area contributed by atoms with Crippen LogP contribution in [0.4, 0.5) is 0 Å². The molecule has 1 fully saturated rings. The molecule has 0 heterocycles. The van der Waals surface area contributed by atoms with Gasteiger partial charge in [-0.15, -0.1) is 0 Å². The number of rotatable bonds is 2. The predicted molar refractivity (Wildman–Crippen MR) is 50.6 cm³/mol. The average Bonchev–Trinajstić information content (AvgIpc) is 3.00. The van der Waals surface area contributed by atoms with Crippen LogP contribution in [0, 0.1) is 0 Å². The van der Waals surface area contributed by atoms with Gasteiger partial charge in [-0.1, -0.05) is 24.3 Å². The molecule has 0 bridgehead atoms. The zero-order valence-corrected chi connectivity index (χ0v) is 7.16. The third kappa shape index (κ3) is 1.61. The summed E-state index contributed by atoms with van der Waals surface area (Å²) in [4.78, 5) is 10.4. The summed E-state index contributed by atoms with van der Waals surface area (Å²) in [5.74, 6) is 0.387. The van der Waals surface area contributed by atoms with Crippen LogP contribution in [0.25, 0.3) is 5.76 Å². The standard InChI is InChI=1S/C11H10O2/c12-7-8-1-3-9(4-2-8)11(13)10-5-6-10/h1-4,7,13H,5-6H2. The van der Waals surface area contributed by atoms with E-state index in [4.69, 9.17) is 0 Å². The van der Waals surface area contributed by atoms with Crippen LogP contribution in [-0.2, 0) is 0 Å². The van der Waals surface area contributed by atoms with Crippen LogP contribution in [0.5, 0.6) is 0 Å². The molecular formula is C11H10O2. The highest BCUT2D eigenvalue weighted by Gasteiger charge is 2.18. The molecule has 0 unspecified atom stereocenters. The molecule has 0 saturated heterocycles. The molecule has 66 valence electrons. The number of hydrogen-bond donors (Lipinski definition) is 1. The van der Waals surface area contributed by atoms with E-state index < -0.39 is 0 Å². The van der Waals surface area contributed by atoms with Crippen LogP contribution >= 0.6 is 0 Å². The van der Waals surface area contributed by atoms with Crippen LogP contribution in [0.3, 0.4) is 0 Å². The van der Waals surface area contributed by atoms with Crippen molar-refractivity contribution in [2.24, 2.45) is 0 Å². The number of allylic oxidation sites excluding steroid dienone is 1. The van der Waals surface area contributed by atoms with Gasteiger partial charge < -0.3 is 5.11 Å². The molecule has 0 radical (unpaired) electrons. The number of hydrogen-bond acceptors (Lipinski definition) is 2. The van der Waals surface area contributed by atoms with E-state index in [9.17, 15) is 9.90 Å². The van der Waals surface area contributed by atoms with Gasteiger partial charge in [-0.25, -0.2) is 0 Å². The Labute approximate surface area is 76.5 Å². The van der Waals surface area contributed by atoms with E-state index in [0.717, 1.165) is 30.3 Å². The quantitative estimate of drug-likeness (QED) is 0.552. The summed E-state index contributed by atoms with van der Waals surface area (Å²) < 4.78 is 0. The summed E-state index contributed by atoms with van der Waals surface area (Å²) in [6, 6.07) is 6.96. The minimum Gasteiger partial charge on any atom is -0.507 e. The van der Waals surface area contributed by atoms with Crippen LogP contribution in [-0.4, -0.2) is 11.4 Å². The first-order valence-electron chi connectivity index (χ1n) is 4.28. The van der Waals surface area contributed by atoms with Gasteiger partial charge in [0.05, 0.1) is 0 Å². The predicted octanol–water partition coefficient (Wildman–Crippen LogP) is 2.56. The first-order chi connectivity index (χ1) is 6.31. The summed E-state index contributed by atoms with van der Waals surface area (Å²) in [5.41, 5.74) is 2.55. The van der Waals surface area contributed by atoms with Crippen molar-refractivity contribution < 1.29 is 9.90 Å². The van der Waals surface area contributed by atoms with Crippen LogP contribution in [0.1, 0.15) is 28.8 Å². The Morgan fingerprint density at radius 2 is 1.85 bits per heavy atom. The van der Waals surface area contributed by atoms with Gasteiger partial charge in [0.25, 0.3) is 0 Å². The van der Waals surface area contributed by atoms with Crippen molar-refractivity contribution in [3.05, 3.63) is 41.0 Å². The number of aldehydes is 1. The maximum atomic E-state index is 10.4. The molecule has 1 aromatic carbocycles. The number of carbonyl (C=O) groups excluding carboxylic acids is 1. The second-order valence-corrected chi connectivity index (χ2v) is 3.19. The van der Waals surface area contributed by atoms with Gasteiger partial charge in [0.1, 0.15) is 12.0 Å². The molecule has 1 aliphatic carbocycles. The third-order valence-corrected chi connectivity index (χ3v) is 2.16. The molecule has 1 aliphatic rings. The van der Waals surface area contributed by atoms with Crippen molar-refractivity contribution in [3.63, 3.8) is 0 Å². The molecule has 2 rings (SSSR count). The van der Waals surface area contributed by atoms with E-state index in [-0.39, 0.29) is 0 Å². The van der Waals surface area contributed by atoms with E-state index in [0.29, 0.717) is 11.3 Å². The fourth-order valence-corrected chi connectivity index (χ4v) is 1.22. The highest BCUT2D eigenvalue weighted by Crippen LogP contribution is 2.34. The van der Waals surface area contributed by atoms with Crippen molar-refractivity contribution in [2.45, 2.75) is 12.8 Å². The lowest BCUT2D eigenvalue weighted by molar-refractivity contribution is 0.112. The lowest BCUT2D eigenvalue weighted by Gasteiger charge is -1.98. The zero-order chi connectivity index (χ0) is 9.26. The number of aliphatic hydroxyl groups excluding tert-OH is 1. The Balaban J connectivity index is 2.32. The summed E-state index contributed by atoms with van der Waals surface area (Å²) in [6.07, 6.45) is 2.80. The van der Waals surface area contributed by atoms with Gasteiger partial charge in [0.15, 0.2) is 0 Å². The van der Waals surface area contributed by atoms with Gasteiger partial charge >= 0.3 is 0 Å². The van der Waals surface area contributed by atoms with E-state index >= 15 is 0 Å². The lowest BCUT2D eigenvalue weighted by atomic mass is 10.1. The van der Waals surface area contributed by atoms with Crippen molar-refractivity contribution in [3.8, 4) is 0 Å². The number of aliphatic hydroxyl groups is 1. The molecule has 13 heavy (non-hydrogen) atoms. The van der Waals surface area contributed by atoms with Gasteiger partial charge in [0.2, 0.25) is 0 Å². The largest absolute Gasteiger partial charge is 0.507 e. The van der Waals surface area contributed by atoms with Crippen LogP contribution in [0.15, 0.2) is 29.8 Å². The minimum atomic E-state index is 0.387. The molecule has 2 nitrogen and oxygen atoms in total. The maximum Gasteiger partial charge on any atom is 0.150 e. The fraction of sp³-hybridized carbons (Fsp3) is 0.182. The van der Waals surface area contributed by atoms with Gasteiger partial charge in [-0.3, -0.25) is 4.79 Å². The molecule has 0 spiro atoms. The summed E-state index contributed by atoms with van der Waals surface area (Å²) in [6.45, 7) is 0. The van der Waals surface area contributed by atoms with Crippen molar-refractivity contribution in [1.29, 1.82) is 0 Å². The molecule has 1 aromatic rings. The molecule has 1 saturated carbocycles. The third-order valence-electron chi connectivity index (χ3n) is 2.16. The maximum absolute atomic E-state index is 10.4. The average molecular weight is 174 g/mol. The molecule has 1 N–H and O–H groups in total. The second kappa shape index (κ2) is 3.05. The van der Waals surface area contributed by atoms with E-state index in [1.54, 1.807) is 24.3 Å². The minimum absolute atomic E-state index is 0.387. The van der Waals surface area contributed by atoms with Crippen molar-refractivity contribution in [1.82, 2.24) is 0 Å². The first kappa shape index (κ1) is 8.05. The Morgan fingerprint density at radius 3 is 2.31 bits per heavy atom. The zero-order valence-electron chi connectivity index (χ0n) is 7.16. The summed E-state index contributed by atoms with van der Waals surface area (Å²) in [7, 11) is 0. The monoisotopic (exact) mass is 174 g/mol. The normalized spacial score (nSPS) is 14.0. The SMILES string of the molecule is O=Cc1ccc(C(O)=C2CC2)cc1. The molecule has 0 atom stereocenters. The Kier molecular flexibility index (Phi) is 1.89. The van der Waals surface area contributed by atoms with Crippen LogP contribution < -0.4 is 0 Å². The van der Waals surface area contributed by atoms with E-state index in [1.807, 2.05) is 0 Å². The van der Waals surface area contributed by atoms with Gasteiger partial charge in [-0.05, 0) is 18.4 Å². The summed E-state index contributed by atoms with van der Waals surface area (Å²) in [5, 5.41) is 9.62. The highest BCUT2D eigenvalue weighted by atomic mass is 16.3. The van der Waals surface area contributed by atoms with Crippen LogP contribution in [0.2, 0.25) is 0 Å². The topological polar surface area (TPSA) is 37.3 Å². The molecular weight excluding hydrogens is 164 g/mol. The highest BCUT2D eigenvalue weighted by molar-refractivity contribution is 5.76. The fourth-order valence-electron chi connectivity index (χ4n) is 1.22. The van der Waals surface area contributed by atoms with E-state index in [2.05, 4.69) is 0 Å². The molecule has 0 aromatic heterocycles. The number of carbonyl (C=O) groups is 1. The lowest BCUT2D eigenvalue weighted by Crippen LogP contribution is -1.84. The Morgan fingerprint density at radius 1 is 1.23 bits per heavy atom. The molecule has 2 heteroatoms.